The molecule has 1 aromatic carbocycles. The molecule has 2 amide bonds. The Balaban J connectivity index is 1.56. The number of nitrogens with zero attached hydrogens (tertiary/aromatic N) is 3. The highest BCUT2D eigenvalue weighted by atomic mass is 16.2. The van der Waals surface area contributed by atoms with Gasteiger partial charge in [0.25, 0.3) is 0 Å². The number of carbonyl (C=O) groups excluding carboxylic acids is 2. The molecule has 4 rings (SSSR count). The minimum atomic E-state index is -0.288. The number of aromatic nitrogens is 2. The summed E-state index contributed by atoms with van der Waals surface area (Å²) >= 11 is 0. The Morgan fingerprint density at radius 1 is 1.39 bits per heavy atom. The van der Waals surface area contributed by atoms with Crippen LogP contribution in [0.5, 0.6) is 0 Å². The molecule has 0 unspecified atom stereocenters. The van der Waals surface area contributed by atoms with E-state index in [9.17, 15) is 9.59 Å². The summed E-state index contributed by atoms with van der Waals surface area (Å²) in [5, 5.41) is 6.58. The fourth-order valence-electron chi connectivity index (χ4n) is 3.57. The molecule has 1 saturated heterocycles. The maximum atomic E-state index is 12.9. The highest BCUT2D eigenvalue weighted by molar-refractivity contribution is 6.05. The molecule has 1 N–H and O–H groups in total. The molecular formula is C17H18N4O2. The summed E-state index contributed by atoms with van der Waals surface area (Å²) in [6.45, 7) is 3.21. The first-order valence-electron chi connectivity index (χ1n) is 7.84. The predicted octanol–water partition coefficient (Wildman–Crippen LogP) is 1.66. The van der Waals surface area contributed by atoms with E-state index < -0.39 is 0 Å². The smallest absolute Gasteiger partial charge is 0.232 e. The zero-order valence-corrected chi connectivity index (χ0v) is 13.0. The number of aromatic amines is 1. The minimum Gasteiger partial charge on any atom is -0.311 e. The molecule has 0 aliphatic carbocycles. The standard InChI is InChI=1S/C17H18N4O2/c1-11-3-2-4-15-14(11)5-6-20(15)17(23)12-7-16(22)21(10-12)13-8-18-19-9-13/h2-4,8-9,12H,5-7,10H2,1H3,(H,18,19)/t12-/m0/s1. The van der Waals surface area contributed by atoms with Crippen LogP contribution in [0, 0.1) is 12.8 Å². The lowest BCUT2D eigenvalue weighted by Gasteiger charge is -2.21. The molecular weight excluding hydrogens is 292 g/mol. The van der Waals surface area contributed by atoms with Gasteiger partial charge in [-0.25, -0.2) is 0 Å². The van der Waals surface area contributed by atoms with Gasteiger partial charge in [-0.1, -0.05) is 12.1 Å². The number of aryl methyl sites for hydroxylation is 1. The van der Waals surface area contributed by atoms with Crippen LogP contribution in [0.1, 0.15) is 17.5 Å². The van der Waals surface area contributed by atoms with Crippen molar-refractivity contribution in [1.82, 2.24) is 10.2 Å². The van der Waals surface area contributed by atoms with Gasteiger partial charge in [0.2, 0.25) is 11.8 Å². The van der Waals surface area contributed by atoms with Gasteiger partial charge in [0.1, 0.15) is 0 Å². The number of benzene rings is 1. The van der Waals surface area contributed by atoms with E-state index >= 15 is 0 Å². The molecule has 6 nitrogen and oxygen atoms in total. The number of anilines is 2. The third kappa shape index (κ3) is 2.21. The molecule has 2 aliphatic rings. The minimum absolute atomic E-state index is 0.0200. The molecule has 3 heterocycles. The second kappa shape index (κ2) is 5.22. The van der Waals surface area contributed by atoms with Gasteiger partial charge in [0.05, 0.1) is 17.8 Å². The van der Waals surface area contributed by atoms with E-state index in [4.69, 9.17) is 0 Å². The second-order valence-corrected chi connectivity index (χ2v) is 6.17. The highest BCUT2D eigenvalue weighted by Gasteiger charge is 2.39. The van der Waals surface area contributed by atoms with Crippen LogP contribution in [-0.2, 0) is 16.0 Å². The Morgan fingerprint density at radius 3 is 3.04 bits per heavy atom. The Labute approximate surface area is 134 Å². The molecule has 23 heavy (non-hydrogen) atoms. The zero-order valence-electron chi connectivity index (χ0n) is 13.0. The number of hydrogen-bond acceptors (Lipinski definition) is 3. The van der Waals surface area contributed by atoms with E-state index in [2.05, 4.69) is 23.2 Å². The molecule has 1 aromatic heterocycles. The normalized spacial score (nSPS) is 20.2. The topological polar surface area (TPSA) is 69.3 Å². The van der Waals surface area contributed by atoms with Gasteiger partial charge in [0.15, 0.2) is 0 Å². The molecule has 118 valence electrons. The number of rotatable bonds is 2. The molecule has 2 aliphatic heterocycles. The lowest BCUT2D eigenvalue weighted by molar-refractivity contribution is -0.124. The number of carbonyl (C=O) groups is 2. The van der Waals surface area contributed by atoms with Crippen molar-refractivity contribution in [2.75, 3.05) is 22.9 Å². The molecule has 6 heteroatoms. The Bertz CT molecular complexity index is 769. The van der Waals surface area contributed by atoms with Crippen LogP contribution in [0.25, 0.3) is 0 Å². The van der Waals surface area contributed by atoms with Crippen LogP contribution in [0.2, 0.25) is 0 Å². The van der Waals surface area contributed by atoms with E-state index in [0.29, 0.717) is 13.1 Å². The summed E-state index contributed by atoms with van der Waals surface area (Å²) in [6, 6.07) is 6.06. The Morgan fingerprint density at radius 2 is 2.26 bits per heavy atom. The third-order valence-electron chi connectivity index (χ3n) is 4.80. The molecule has 0 bridgehead atoms. The molecule has 2 aromatic rings. The Hall–Kier alpha value is -2.63. The second-order valence-electron chi connectivity index (χ2n) is 6.17. The van der Waals surface area contributed by atoms with Gasteiger partial charge < -0.3 is 9.80 Å². The van der Waals surface area contributed by atoms with Gasteiger partial charge in [-0.3, -0.25) is 14.7 Å². The van der Waals surface area contributed by atoms with Crippen molar-refractivity contribution in [1.29, 1.82) is 0 Å². The molecule has 1 atom stereocenters. The lowest BCUT2D eigenvalue weighted by atomic mass is 10.1. The summed E-state index contributed by atoms with van der Waals surface area (Å²) in [4.78, 5) is 28.6. The number of fused-ring (bicyclic) bond motifs is 1. The van der Waals surface area contributed by atoms with Crippen LogP contribution in [-0.4, -0.2) is 35.1 Å². The van der Waals surface area contributed by atoms with Crippen molar-refractivity contribution in [2.45, 2.75) is 19.8 Å². The van der Waals surface area contributed by atoms with Crippen molar-refractivity contribution in [3.05, 3.63) is 41.7 Å². The van der Waals surface area contributed by atoms with Gasteiger partial charge >= 0.3 is 0 Å². The molecule has 1 fully saturated rings. The van der Waals surface area contributed by atoms with Crippen LogP contribution >= 0.6 is 0 Å². The highest BCUT2D eigenvalue weighted by Crippen LogP contribution is 2.33. The summed E-state index contributed by atoms with van der Waals surface area (Å²) in [7, 11) is 0. The largest absolute Gasteiger partial charge is 0.311 e. The van der Waals surface area contributed by atoms with Crippen molar-refractivity contribution < 1.29 is 9.59 Å². The Kier molecular flexibility index (Phi) is 3.18. The van der Waals surface area contributed by atoms with Crippen molar-refractivity contribution in [2.24, 2.45) is 5.92 Å². The summed E-state index contributed by atoms with van der Waals surface area (Å²) in [5.74, 6) is -0.258. The van der Waals surface area contributed by atoms with E-state index in [-0.39, 0.29) is 24.2 Å². The first-order valence-corrected chi connectivity index (χ1v) is 7.84. The van der Waals surface area contributed by atoms with Crippen LogP contribution in [0.15, 0.2) is 30.6 Å². The van der Waals surface area contributed by atoms with E-state index in [1.54, 1.807) is 17.3 Å². The van der Waals surface area contributed by atoms with Crippen LogP contribution in [0.4, 0.5) is 11.4 Å². The molecule has 0 radical (unpaired) electrons. The van der Waals surface area contributed by atoms with Gasteiger partial charge in [-0.2, -0.15) is 5.10 Å². The predicted molar refractivity (Wildman–Crippen MR) is 86.3 cm³/mol. The first kappa shape index (κ1) is 14.0. The third-order valence-corrected chi connectivity index (χ3v) is 4.80. The van der Waals surface area contributed by atoms with E-state index in [1.807, 2.05) is 17.0 Å². The fraction of sp³-hybridized carbons (Fsp3) is 0.353. The van der Waals surface area contributed by atoms with E-state index in [1.165, 1.54) is 11.1 Å². The van der Waals surface area contributed by atoms with Crippen LogP contribution < -0.4 is 9.80 Å². The van der Waals surface area contributed by atoms with Gasteiger partial charge in [-0.05, 0) is 30.5 Å². The van der Waals surface area contributed by atoms with Crippen molar-refractivity contribution >= 4 is 23.2 Å². The van der Waals surface area contributed by atoms with Gasteiger partial charge in [-0.15, -0.1) is 0 Å². The summed E-state index contributed by atoms with van der Waals surface area (Å²) in [6.07, 6.45) is 4.44. The van der Waals surface area contributed by atoms with Gasteiger partial charge in [0, 0.05) is 31.4 Å². The quantitative estimate of drug-likeness (QED) is 0.917. The van der Waals surface area contributed by atoms with E-state index in [0.717, 1.165) is 17.8 Å². The summed E-state index contributed by atoms with van der Waals surface area (Å²) in [5.41, 5.74) is 4.20. The maximum Gasteiger partial charge on any atom is 0.232 e. The molecule has 0 saturated carbocycles. The average molecular weight is 310 g/mol. The van der Waals surface area contributed by atoms with Crippen molar-refractivity contribution in [3.8, 4) is 0 Å². The number of nitrogens with one attached hydrogen (secondary N) is 1. The molecule has 0 spiro atoms. The van der Waals surface area contributed by atoms with Crippen LogP contribution in [0.3, 0.4) is 0 Å². The average Bonchev–Trinajstić information content (AvgIpc) is 3.25. The number of hydrogen-bond donors (Lipinski definition) is 1. The lowest BCUT2D eigenvalue weighted by Crippen LogP contribution is -2.36. The number of H-pyrrole nitrogens is 1. The SMILES string of the molecule is Cc1cccc2c1CCN2C(=O)[C@H]1CC(=O)N(c2cn[nH]c2)C1. The fourth-order valence-corrected chi connectivity index (χ4v) is 3.57. The maximum absolute atomic E-state index is 12.9. The van der Waals surface area contributed by atoms with Crippen molar-refractivity contribution in [3.63, 3.8) is 0 Å². The summed E-state index contributed by atoms with van der Waals surface area (Å²) < 4.78 is 0. The monoisotopic (exact) mass is 310 g/mol. The zero-order chi connectivity index (χ0) is 16.0. The first-order chi connectivity index (χ1) is 11.1. The number of amides is 2.